The van der Waals surface area contributed by atoms with E-state index >= 15 is 0 Å². The largest absolute Gasteiger partial charge is 0.457 e. The first-order valence-electron chi connectivity index (χ1n) is 12.5. The molecule has 0 atom stereocenters. The van der Waals surface area contributed by atoms with E-state index in [0.717, 1.165) is 61.3 Å². The number of esters is 1. The summed E-state index contributed by atoms with van der Waals surface area (Å²) in [6.45, 7) is 6.75. The smallest absolute Gasteiger partial charge is 0.331 e. The van der Waals surface area contributed by atoms with Gasteiger partial charge < -0.3 is 10.1 Å². The van der Waals surface area contributed by atoms with E-state index in [1.165, 1.54) is 34.2 Å². The van der Waals surface area contributed by atoms with Crippen LogP contribution in [0.4, 0.5) is 5.82 Å². The zero-order valence-electron chi connectivity index (χ0n) is 20.7. The van der Waals surface area contributed by atoms with Crippen LogP contribution < -0.4 is 5.32 Å². The van der Waals surface area contributed by atoms with E-state index in [0.29, 0.717) is 0 Å². The summed E-state index contributed by atoms with van der Waals surface area (Å²) >= 11 is 1.75. The van der Waals surface area contributed by atoms with Crippen LogP contribution in [0.1, 0.15) is 75.4 Å². The average molecular weight is 477 g/mol. The number of thiophene rings is 1. The third-order valence-electron chi connectivity index (χ3n) is 6.02. The molecule has 0 saturated carbocycles. The second-order valence-electron chi connectivity index (χ2n) is 10.1. The number of aryl methyl sites for hydroxylation is 2. The molecule has 4 nitrogen and oxygen atoms in total. The lowest BCUT2D eigenvalue weighted by molar-refractivity contribution is -0.148. The van der Waals surface area contributed by atoms with Gasteiger partial charge >= 0.3 is 5.97 Å². The summed E-state index contributed by atoms with van der Waals surface area (Å²) in [5.41, 5.74) is 3.13. The summed E-state index contributed by atoms with van der Waals surface area (Å²) in [4.78, 5) is 18.5. The van der Waals surface area contributed by atoms with Gasteiger partial charge in [-0.1, -0.05) is 37.1 Å². The quantitative estimate of drug-likeness (QED) is 0.196. The third-order valence-corrected chi connectivity index (χ3v) is 7.21. The van der Waals surface area contributed by atoms with Gasteiger partial charge in [-0.25, -0.2) is 9.78 Å². The van der Waals surface area contributed by atoms with Crippen molar-refractivity contribution in [3.05, 3.63) is 64.7 Å². The van der Waals surface area contributed by atoms with Gasteiger partial charge in [0.05, 0.1) is 0 Å². The molecule has 0 bridgehead atoms. The summed E-state index contributed by atoms with van der Waals surface area (Å²) in [5, 5.41) is 4.65. The Labute approximate surface area is 207 Å². The number of hydrogen-bond acceptors (Lipinski definition) is 5. The predicted molar refractivity (Wildman–Crippen MR) is 143 cm³/mol. The number of carbonyl (C=O) groups is 1. The molecule has 3 heterocycles. The molecule has 0 aliphatic carbocycles. The summed E-state index contributed by atoms with van der Waals surface area (Å²) in [7, 11) is 0. The molecule has 1 aliphatic rings. The van der Waals surface area contributed by atoms with Crippen molar-refractivity contribution in [1.29, 1.82) is 0 Å². The van der Waals surface area contributed by atoms with E-state index in [-0.39, 0.29) is 5.97 Å². The molecule has 4 rings (SSSR count). The fourth-order valence-electron chi connectivity index (χ4n) is 4.36. The number of ether oxygens (including phenoxy) is 1. The molecule has 0 spiro atoms. The fraction of sp³-hybridized carbons (Fsp3) is 0.448. The van der Waals surface area contributed by atoms with E-state index < -0.39 is 5.60 Å². The van der Waals surface area contributed by atoms with Gasteiger partial charge in [0.15, 0.2) is 0 Å². The van der Waals surface area contributed by atoms with Crippen LogP contribution in [0.3, 0.4) is 0 Å². The zero-order chi connectivity index (χ0) is 24.0. The number of fused-ring (bicyclic) bond motifs is 2. The summed E-state index contributed by atoms with van der Waals surface area (Å²) in [5.74, 6) is 0.830. The maximum absolute atomic E-state index is 12.5. The van der Waals surface area contributed by atoms with Crippen LogP contribution in [0, 0.1) is 0 Å². The highest BCUT2D eigenvalue weighted by atomic mass is 32.1. The number of allylic oxidation sites excluding steroid dienone is 1. The zero-order valence-corrected chi connectivity index (χ0v) is 21.5. The number of unbranched alkanes of at least 4 members (excludes halogenated alkanes) is 3. The van der Waals surface area contributed by atoms with Crippen molar-refractivity contribution in [3.63, 3.8) is 0 Å². The Morgan fingerprint density at radius 2 is 1.94 bits per heavy atom. The molecule has 3 aromatic rings. The van der Waals surface area contributed by atoms with Crippen LogP contribution in [0.2, 0.25) is 0 Å². The van der Waals surface area contributed by atoms with Crippen LogP contribution in [-0.2, 0) is 22.4 Å². The van der Waals surface area contributed by atoms with Crippen LogP contribution in [0.5, 0.6) is 0 Å². The van der Waals surface area contributed by atoms with E-state index in [2.05, 4.69) is 47.8 Å². The maximum Gasteiger partial charge on any atom is 0.331 e. The van der Waals surface area contributed by atoms with Crippen LogP contribution in [0.15, 0.2) is 48.5 Å². The van der Waals surface area contributed by atoms with Gasteiger partial charge in [-0.3, -0.25) is 0 Å². The maximum atomic E-state index is 12.5. The molecular formula is C29H36N2O2S. The van der Waals surface area contributed by atoms with Crippen molar-refractivity contribution in [2.45, 2.75) is 77.7 Å². The highest BCUT2D eigenvalue weighted by molar-refractivity contribution is 7.20. The Balaban J connectivity index is 1.32. The van der Waals surface area contributed by atoms with Crippen molar-refractivity contribution in [2.75, 3.05) is 11.9 Å². The topological polar surface area (TPSA) is 51.2 Å². The van der Waals surface area contributed by atoms with Gasteiger partial charge in [-0.05, 0) is 94.0 Å². The minimum Gasteiger partial charge on any atom is -0.457 e. The molecule has 5 heteroatoms. The molecule has 0 radical (unpaired) electrons. The van der Waals surface area contributed by atoms with Crippen LogP contribution in [0.25, 0.3) is 15.7 Å². The van der Waals surface area contributed by atoms with E-state index in [4.69, 9.17) is 9.72 Å². The SMILES string of the molecule is CC(C)(C)OC(=O)/C=C(/CCCCCCc1ccc2c(n1)NCCC2)c1cc2ccccc2s1. The minimum absolute atomic E-state index is 0.257. The van der Waals surface area contributed by atoms with Gasteiger partial charge in [0.2, 0.25) is 0 Å². The predicted octanol–water partition coefficient (Wildman–Crippen LogP) is 7.57. The lowest BCUT2D eigenvalue weighted by Crippen LogP contribution is -2.22. The Morgan fingerprint density at radius 3 is 2.76 bits per heavy atom. The van der Waals surface area contributed by atoms with Crippen molar-refractivity contribution in [3.8, 4) is 0 Å². The first-order chi connectivity index (χ1) is 16.4. The van der Waals surface area contributed by atoms with Gasteiger partial charge in [0.1, 0.15) is 11.4 Å². The average Bonchev–Trinajstić information content (AvgIpc) is 3.23. The minimum atomic E-state index is -0.487. The Kier molecular flexibility index (Phi) is 8.04. The molecule has 1 aliphatic heterocycles. The number of benzene rings is 1. The number of aromatic nitrogens is 1. The molecule has 0 fully saturated rings. The number of anilines is 1. The molecule has 2 aromatic heterocycles. The van der Waals surface area contributed by atoms with Crippen molar-refractivity contribution < 1.29 is 9.53 Å². The first-order valence-corrected chi connectivity index (χ1v) is 13.3. The standard InChI is InChI=1S/C29H36N2O2S/c1-29(2,3)33-27(32)20-23(26-19-22-12-8-9-15-25(22)34-26)11-6-4-5-7-14-24-17-16-21-13-10-18-30-28(21)31-24/h8-9,12,15-17,19-20H,4-7,10-11,13-14,18H2,1-3H3,(H,30,31)/b23-20-. The van der Waals surface area contributed by atoms with Gasteiger partial charge in [0.25, 0.3) is 0 Å². The molecule has 1 N–H and O–H groups in total. The lowest BCUT2D eigenvalue weighted by Gasteiger charge is -2.18. The highest BCUT2D eigenvalue weighted by Crippen LogP contribution is 2.33. The monoisotopic (exact) mass is 476 g/mol. The number of rotatable bonds is 9. The number of pyridine rings is 1. The van der Waals surface area contributed by atoms with E-state index in [1.807, 2.05) is 20.8 Å². The summed E-state index contributed by atoms with van der Waals surface area (Å²) in [6.07, 6.45) is 10.4. The van der Waals surface area contributed by atoms with E-state index in [1.54, 1.807) is 17.4 Å². The van der Waals surface area contributed by atoms with Crippen molar-refractivity contribution in [2.24, 2.45) is 0 Å². The van der Waals surface area contributed by atoms with Crippen LogP contribution in [-0.4, -0.2) is 23.1 Å². The molecule has 1 aromatic carbocycles. The first kappa shape index (κ1) is 24.5. The molecule has 0 saturated heterocycles. The van der Waals surface area contributed by atoms with Crippen molar-refractivity contribution >= 4 is 38.8 Å². The third kappa shape index (κ3) is 6.92. The Bertz CT molecular complexity index is 1120. The molecule has 180 valence electrons. The number of hydrogen-bond donors (Lipinski definition) is 1. The molecule has 0 amide bonds. The number of nitrogens with one attached hydrogen (secondary N) is 1. The molecule has 34 heavy (non-hydrogen) atoms. The van der Waals surface area contributed by atoms with Gasteiger partial charge in [-0.15, -0.1) is 11.3 Å². The summed E-state index contributed by atoms with van der Waals surface area (Å²) in [6, 6.07) is 15.0. The second kappa shape index (κ2) is 11.2. The Morgan fingerprint density at radius 1 is 1.12 bits per heavy atom. The van der Waals surface area contributed by atoms with Crippen LogP contribution >= 0.6 is 11.3 Å². The van der Waals surface area contributed by atoms with E-state index in [9.17, 15) is 4.79 Å². The number of carbonyl (C=O) groups excluding carboxylic acids is 1. The molecular weight excluding hydrogens is 440 g/mol. The lowest BCUT2D eigenvalue weighted by atomic mass is 10.0. The normalized spacial score (nSPS) is 14.0. The Hall–Kier alpha value is -2.66. The molecule has 0 unspecified atom stereocenters. The van der Waals surface area contributed by atoms with Gasteiger partial charge in [0, 0.05) is 27.9 Å². The highest BCUT2D eigenvalue weighted by Gasteiger charge is 2.16. The van der Waals surface area contributed by atoms with Crippen molar-refractivity contribution in [1.82, 2.24) is 4.98 Å². The second-order valence-corrected chi connectivity index (χ2v) is 11.2. The summed E-state index contributed by atoms with van der Waals surface area (Å²) < 4.78 is 6.82. The van der Waals surface area contributed by atoms with Gasteiger partial charge in [-0.2, -0.15) is 0 Å². The fourth-order valence-corrected chi connectivity index (χ4v) is 5.47. The number of nitrogens with zero attached hydrogens (tertiary/aromatic N) is 1.